The van der Waals surface area contributed by atoms with Gasteiger partial charge in [0, 0.05) is 10.5 Å². The number of rotatable bonds is 9. The summed E-state index contributed by atoms with van der Waals surface area (Å²) >= 11 is 3.49. The van der Waals surface area contributed by atoms with Gasteiger partial charge in [-0.2, -0.15) is 0 Å². The summed E-state index contributed by atoms with van der Waals surface area (Å²) < 4.78 is 1.12. The van der Waals surface area contributed by atoms with Crippen molar-refractivity contribution in [3.05, 3.63) is 34.3 Å². The van der Waals surface area contributed by atoms with Gasteiger partial charge in [-0.15, -0.1) is 0 Å². The van der Waals surface area contributed by atoms with Gasteiger partial charge in [0.05, 0.1) is 0 Å². The molecule has 102 valence electrons. The highest BCUT2D eigenvalue weighted by atomic mass is 79.9. The summed E-state index contributed by atoms with van der Waals surface area (Å²) in [5, 5.41) is 0. The Morgan fingerprint density at radius 1 is 1.06 bits per heavy atom. The van der Waals surface area contributed by atoms with Crippen LogP contribution in [0.4, 0.5) is 0 Å². The molecule has 0 saturated carbocycles. The largest absolute Gasteiger partial charge is 0.324 e. The second-order valence-electron chi connectivity index (χ2n) is 5.07. The summed E-state index contributed by atoms with van der Waals surface area (Å²) in [6.07, 6.45) is 10.5. The number of unbranched alkanes of at least 4 members (excludes halogenated alkanes) is 6. The van der Waals surface area contributed by atoms with Crippen LogP contribution in [0.25, 0.3) is 0 Å². The average molecular weight is 312 g/mol. The Hall–Kier alpha value is -0.340. The zero-order valence-electron chi connectivity index (χ0n) is 11.5. The molecule has 2 N–H and O–H groups in total. The SMILES string of the molecule is CCCCCCCCCC(N)c1cccc(Br)c1. The predicted octanol–water partition coefficient (Wildman–Crippen LogP) is 5.59. The van der Waals surface area contributed by atoms with Gasteiger partial charge in [0.25, 0.3) is 0 Å². The predicted molar refractivity (Wildman–Crippen MR) is 83.7 cm³/mol. The molecule has 0 aliphatic rings. The Morgan fingerprint density at radius 3 is 2.39 bits per heavy atom. The minimum Gasteiger partial charge on any atom is -0.324 e. The van der Waals surface area contributed by atoms with E-state index in [9.17, 15) is 0 Å². The molecule has 0 amide bonds. The van der Waals surface area contributed by atoms with Crippen molar-refractivity contribution in [2.24, 2.45) is 5.73 Å². The van der Waals surface area contributed by atoms with Crippen molar-refractivity contribution in [2.75, 3.05) is 0 Å². The molecule has 2 heteroatoms. The summed E-state index contributed by atoms with van der Waals surface area (Å²) in [6.45, 7) is 2.26. The fourth-order valence-corrected chi connectivity index (χ4v) is 2.64. The zero-order valence-corrected chi connectivity index (χ0v) is 13.1. The molecular formula is C16H26BrN. The van der Waals surface area contributed by atoms with E-state index in [-0.39, 0.29) is 6.04 Å². The van der Waals surface area contributed by atoms with Gasteiger partial charge in [-0.05, 0) is 24.1 Å². The second kappa shape index (κ2) is 9.57. The molecule has 0 saturated heterocycles. The van der Waals surface area contributed by atoms with Gasteiger partial charge in [-0.3, -0.25) is 0 Å². The molecule has 1 unspecified atom stereocenters. The Labute approximate surface area is 120 Å². The first-order valence-electron chi connectivity index (χ1n) is 7.25. The number of benzene rings is 1. The van der Waals surface area contributed by atoms with E-state index in [0.29, 0.717) is 0 Å². The van der Waals surface area contributed by atoms with Gasteiger partial charge in [0.2, 0.25) is 0 Å². The van der Waals surface area contributed by atoms with Crippen LogP contribution in [0.3, 0.4) is 0 Å². The molecule has 1 rings (SSSR count). The highest BCUT2D eigenvalue weighted by molar-refractivity contribution is 9.10. The molecule has 1 atom stereocenters. The van der Waals surface area contributed by atoms with Crippen LogP contribution in [-0.4, -0.2) is 0 Å². The van der Waals surface area contributed by atoms with Crippen molar-refractivity contribution in [2.45, 2.75) is 64.3 Å². The number of hydrogen-bond donors (Lipinski definition) is 1. The summed E-state index contributed by atoms with van der Waals surface area (Å²) in [7, 11) is 0. The minimum absolute atomic E-state index is 0.193. The van der Waals surface area contributed by atoms with Crippen molar-refractivity contribution in [3.63, 3.8) is 0 Å². The maximum atomic E-state index is 6.21. The molecule has 0 aromatic heterocycles. The van der Waals surface area contributed by atoms with Crippen molar-refractivity contribution >= 4 is 15.9 Å². The van der Waals surface area contributed by atoms with E-state index in [1.807, 2.05) is 6.07 Å². The number of hydrogen-bond acceptors (Lipinski definition) is 1. The lowest BCUT2D eigenvalue weighted by Gasteiger charge is -2.12. The smallest absolute Gasteiger partial charge is 0.0295 e. The molecule has 1 aromatic carbocycles. The van der Waals surface area contributed by atoms with Crippen molar-refractivity contribution in [1.82, 2.24) is 0 Å². The fraction of sp³-hybridized carbons (Fsp3) is 0.625. The van der Waals surface area contributed by atoms with Gasteiger partial charge in [-0.25, -0.2) is 0 Å². The van der Waals surface area contributed by atoms with Crippen LogP contribution in [0.2, 0.25) is 0 Å². The molecule has 0 fully saturated rings. The van der Waals surface area contributed by atoms with E-state index >= 15 is 0 Å². The quantitative estimate of drug-likeness (QED) is 0.591. The van der Waals surface area contributed by atoms with Crippen LogP contribution in [0.15, 0.2) is 28.7 Å². The van der Waals surface area contributed by atoms with E-state index in [1.165, 1.54) is 50.5 Å². The first-order chi connectivity index (χ1) is 8.74. The molecule has 1 aromatic rings. The molecule has 0 heterocycles. The topological polar surface area (TPSA) is 26.0 Å². The first kappa shape index (κ1) is 15.7. The molecule has 0 spiro atoms. The minimum atomic E-state index is 0.193. The first-order valence-corrected chi connectivity index (χ1v) is 8.04. The van der Waals surface area contributed by atoms with Crippen LogP contribution < -0.4 is 5.73 Å². The average Bonchev–Trinajstić information content (AvgIpc) is 2.37. The monoisotopic (exact) mass is 311 g/mol. The van der Waals surface area contributed by atoms with E-state index in [4.69, 9.17) is 5.73 Å². The van der Waals surface area contributed by atoms with Crippen molar-refractivity contribution in [3.8, 4) is 0 Å². The summed E-state index contributed by atoms with van der Waals surface area (Å²) in [5.41, 5.74) is 7.45. The third-order valence-corrected chi connectivity index (χ3v) is 3.89. The Kier molecular flexibility index (Phi) is 8.36. The summed E-state index contributed by atoms with van der Waals surface area (Å²) in [4.78, 5) is 0. The Balaban J connectivity index is 2.12. The lowest BCUT2D eigenvalue weighted by Crippen LogP contribution is -2.09. The molecule has 18 heavy (non-hydrogen) atoms. The van der Waals surface area contributed by atoms with Crippen LogP contribution in [0.1, 0.15) is 69.9 Å². The molecule has 0 aliphatic carbocycles. The van der Waals surface area contributed by atoms with E-state index < -0.39 is 0 Å². The van der Waals surface area contributed by atoms with E-state index in [2.05, 4.69) is 41.1 Å². The summed E-state index contributed by atoms with van der Waals surface area (Å²) in [5.74, 6) is 0. The lowest BCUT2D eigenvalue weighted by atomic mass is 10.0. The maximum absolute atomic E-state index is 6.21. The van der Waals surface area contributed by atoms with Gasteiger partial charge in [0.1, 0.15) is 0 Å². The van der Waals surface area contributed by atoms with E-state index in [1.54, 1.807) is 0 Å². The van der Waals surface area contributed by atoms with Gasteiger partial charge < -0.3 is 5.73 Å². The number of nitrogens with two attached hydrogens (primary N) is 1. The molecule has 0 aliphatic heterocycles. The van der Waals surface area contributed by atoms with Crippen LogP contribution >= 0.6 is 15.9 Å². The van der Waals surface area contributed by atoms with Gasteiger partial charge in [0.15, 0.2) is 0 Å². The van der Waals surface area contributed by atoms with Crippen molar-refractivity contribution in [1.29, 1.82) is 0 Å². The number of halogens is 1. The van der Waals surface area contributed by atoms with Gasteiger partial charge >= 0.3 is 0 Å². The highest BCUT2D eigenvalue weighted by Gasteiger charge is 2.05. The van der Waals surface area contributed by atoms with Gasteiger partial charge in [-0.1, -0.05) is 79.9 Å². The second-order valence-corrected chi connectivity index (χ2v) is 5.99. The fourth-order valence-electron chi connectivity index (χ4n) is 2.23. The lowest BCUT2D eigenvalue weighted by molar-refractivity contribution is 0.541. The standard InChI is InChI=1S/C16H26BrN/c1-2-3-4-5-6-7-8-12-16(18)14-10-9-11-15(17)13-14/h9-11,13,16H,2-8,12,18H2,1H3. The normalized spacial score (nSPS) is 12.6. The maximum Gasteiger partial charge on any atom is 0.0295 e. The molecule has 0 bridgehead atoms. The molecular weight excluding hydrogens is 286 g/mol. The molecule has 0 radical (unpaired) electrons. The Morgan fingerprint density at radius 2 is 1.72 bits per heavy atom. The third-order valence-electron chi connectivity index (χ3n) is 3.40. The van der Waals surface area contributed by atoms with Crippen LogP contribution in [-0.2, 0) is 0 Å². The zero-order chi connectivity index (χ0) is 13.2. The van der Waals surface area contributed by atoms with E-state index in [0.717, 1.165) is 10.9 Å². The third kappa shape index (κ3) is 6.55. The van der Waals surface area contributed by atoms with Crippen LogP contribution in [0.5, 0.6) is 0 Å². The van der Waals surface area contributed by atoms with Crippen molar-refractivity contribution < 1.29 is 0 Å². The highest BCUT2D eigenvalue weighted by Crippen LogP contribution is 2.21. The Bertz CT molecular complexity index is 325. The summed E-state index contributed by atoms with van der Waals surface area (Å²) in [6, 6.07) is 8.55. The van der Waals surface area contributed by atoms with Crippen LogP contribution in [0, 0.1) is 0 Å². The molecule has 1 nitrogen and oxygen atoms in total.